The Kier molecular flexibility index (Phi) is 3.91. The number of amides is 1. The second kappa shape index (κ2) is 5.25. The molecule has 0 radical (unpaired) electrons. The van der Waals surface area contributed by atoms with E-state index in [0.29, 0.717) is 11.5 Å². The van der Waals surface area contributed by atoms with E-state index in [0.717, 1.165) is 3.57 Å². The van der Waals surface area contributed by atoms with Crippen LogP contribution in [0.2, 0.25) is 0 Å². The summed E-state index contributed by atoms with van der Waals surface area (Å²) in [6.07, 6.45) is 3.65. The van der Waals surface area contributed by atoms with Crippen LogP contribution in [0.3, 0.4) is 0 Å². The number of benzene rings is 1. The Morgan fingerprint density at radius 1 is 1.53 bits per heavy atom. The molecule has 2 rings (SSSR count). The lowest BCUT2D eigenvalue weighted by Crippen LogP contribution is -2.40. The van der Waals surface area contributed by atoms with Crippen molar-refractivity contribution in [3.63, 3.8) is 0 Å². The van der Waals surface area contributed by atoms with Crippen LogP contribution in [0.5, 0.6) is 5.75 Å². The number of carbonyl (C=O) groups excluding carboxylic acids is 1. The van der Waals surface area contributed by atoms with Crippen LogP contribution in [0, 0.1) is 9.49 Å². The van der Waals surface area contributed by atoms with E-state index in [2.05, 4.69) is 27.9 Å². The lowest BCUT2D eigenvalue weighted by molar-refractivity contribution is 0.0906. The molecule has 1 amide bonds. The fraction of sp³-hybridized carbons (Fsp3) is 0.462. The van der Waals surface area contributed by atoms with Crippen LogP contribution >= 0.6 is 22.6 Å². The van der Waals surface area contributed by atoms with Gasteiger partial charge in [0.05, 0.1) is 5.56 Å². The molecule has 1 aromatic carbocycles. The summed E-state index contributed by atoms with van der Waals surface area (Å²) in [5, 5.41) is 12.6. The predicted molar refractivity (Wildman–Crippen MR) is 75.1 cm³/mol. The van der Waals surface area contributed by atoms with Gasteiger partial charge < -0.3 is 10.4 Å². The highest BCUT2D eigenvalue weighted by Gasteiger charge is 2.25. The van der Waals surface area contributed by atoms with E-state index in [1.165, 1.54) is 19.3 Å². The summed E-state index contributed by atoms with van der Waals surface area (Å²) in [5.74, 6) is 0.466. The van der Waals surface area contributed by atoms with Crippen LogP contribution in [0.15, 0.2) is 18.2 Å². The lowest BCUT2D eigenvalue weighted by Gasteiger charge is -2.31. The van der Waals surface area contributed by atoms with Crippen molar-refractivity contribution in [2.24, 2.45) is 5.92 Å². The van der Waals surface area contributed by atoms with Crippen molar-refractivity contribution in [2.45, 2.75) is 32.2 Å². The summed E-state index contributed by atoms with van der Waals surface area (Å²) in [6, 6.07) is 5.24. The van der Waals surface area contributed by atoms with E-state index in [-0.39, 0.29) is 17.7 Å². The molecule has 0 bridgehead atoms. The van der Waals surface area contributed by atoms with E-state index in [4.69, 9.17) is 0 Å². The van der Waals surface area contributed by atoms with Gasteiger partial charge in [-0.2, -0.15) is 0 Å². The van der Waals surface area contributed by atoms with Crippen molar-refractivity contribution in [2.75, 3.05) is 0 Å². The fourth-order valence-electron chi connectivity index (χ4n) is 2.03. The minimum absolute atomic E-state index is 0.0451. The van der Waals surface area contributed by atoms with Crippen molar-refractivity contribution >= 4 is 28.5 Å². The Morgan fingerprint density at radius 3 is 2.82 bits per heavy atom. The molecule has 0 aliphatic heterocycles. The van der Waals surface area contributed by atoms with Crippen molar-refractivity contribution in [1.29, 1.82) is 0 Å². The average Bonchev–Trinajstić information content (AvgIpc) is 2.18. The summed E-state index contributed by atoms with van der Waals surface area (Å²) in [5.41, 5.74) is 0.364. The van der Waals surface area contributed by atoms with Crippen LogP contribution in [0.25, 0.3) is 0 Å². The quantitative estimate of drug-likeness (QED) is 0.828. The topological polar surface area (TPSA) is 49.3 Å². The maximum atomic E-state index is 12.0. The Morgan fingerprint density at radius 2 is 2.24 bits per heavy atom. The number of halogens is 1. The van der Waals surface area contributed by atoms with Gasteiger partial charge in [-0.25, -0.2) is 0 Å². The Hall–Kier alpha value is -0.780. The SMILES string of the molecule is CC(NC(=O)c1cc(I)ccc1O)C1CCC1. The largest absolute Gasteiger partial charge is 0.507 e. The molecule has 1 atom stereocenters. The van der Waals surface area contributed by atoms with Crippen LogP contribution in [0.1, 0.15) is 36.5 Å². The Balaban J connectivity index is 2.05. The van der Waals surface area contributed by atoms with E-state index in [1.807, 2.05) is 6.92 Å². The molecule has 4 heteroatoms. The van der Waals surface area contributed by atoms with Crippen molar-refractivity contribution < 1.29 is 9.90 Å². The van der Waals surface area contributed by atoms with Crippen LogP contribution < -0.4 is 5.32 Å². The number of nitrogens with one attached hydrogen (secondary N) is 1. The molecule has 1 fully saturated rings. The Labute approximate surface area is 115 Å². The molecule has 0 heterocycles. The number of phenols is 1. The number of aromatic hydroxyl groups is 1. The summed E-state index contributed by atoms with van der Waals surface area (Å²) >= 11 is 2.13. The minimum Gasteiger partial charge on any atom is -0.507 e. The molecule has 2 N–H and O–H groups in total. The smallest absolute Gasteiger partial charge is 0.255 e. The van der Waals surface area contributed by atoms with Crippen LogP contribution in [-0.2, 0) is 0 Å². The first-order chi connectivity index (χ1) is 8.08. The van der Waals surface area contributed by atoms with Gasteiger partial charge in [-0.1, -0.05) is 6.42 Å². The van der Waals surface area contributed by atoms with E-state index >= 15 is 0 Å². The van der Waals surface area contributed by atoms with Gasteiger partial charge in [0.15, 0.2) is 0 Å². The normalized spacial score (nSPS) is 17.3. The molecule has 0 aromatic heterocycles. The second-order valence-electron chi connectivity index (χ2n) is 4.61. The monoisotopic (exact) mass is 345 g/mol. The maximum Gasteiger partial charge on any atom is 0.255 e. The maximum absolute atomic E-state index is 12.0. The number of hydrogen-bond acceptors (Lipinski definition) is 2. The van der Waals surface area contributed by atoms with Gasteiger partial charge in [0.1, 0.15) is 5.75 Å². The van der Waals surface area contributed by atoms with Gasteiger partial charge in [-0.15, -0.1) is 0 Å². The van der Waals surface area contributed by atoms with Crippen LogP contribution in [0.4, 0.5) is 0 Å². The number of carbonyl (C=O) groups is 1. The molecular formula is C13H16INO2. The van der Waals surface area contributed by atoms with Crippen molar-refractivity contribution in [3.05, 3.63) is 27.3 Å². The number of phenolic OH excluding ortho intramolecular Hbond substituents is 1. The summed E-state index contributed by atoms with van der Waals surface area (Å²) in [4.78, 5) is 12.0. The zero-order valence-electron chi connectivity index (χ0n) is 9.74. The van der Waals surface area contributed by atoms with Gasteiger partial charge in [-0.05, 0) is 66.5 Å². The minimum atomic E-state index is -0.180. The van der Waals surface area contributed by atoms with Crippen molar-refractivity contribution in [1.82, 2.24) is 5.32 Å². The highest BCUT2D eigenvalue weighted by atomic mass is 127. The number of hydrogen-bond donors (Lipinski definition) is 2. The molecule has 1 aromatic rings. The highest BCUT2D eigenvalue weighted by Crippen LogP contribution is 2.29. The standard InChI is InChI=1S/C13H16INO2/c1-8(9-3-2-4-9)15-13(17)11-7-10(14)5-6-12(11)16/h5-9,16H,2-4H2,1H3,(H,15,17). The first-order valence-electron chi connectivity index (χ1n) is 5.87. The summed E-state index contributed by atoms with van der Waals surface area (Å²) < 4.78 is 0.946. The van der Waals surface area contributed by atoms with Gasteiger partial charge in [0.25, 0.3) is 5.91 Å². The lowest BCUT2D eigenvalue weighted by atomic mass is 9.80. The first kappa shape index (κ1) is 12.7. The molecule has 17 heavy (non-hydrogen) atoms. The number of rotatable bonds is 3. The van der Waals surface area contributed by atoms with Gasteiger partial charge in [-0.3, -0.25) is 4.79 Å². The molecular weight excluding hydrogens is 329 g/mol. The second-order valence-corrected chi connectivity index (χ2v) is 5.86. The fourth-order valence-corrected chi connectivity index (χ4v) is 2.52. The van der Waals surface area contributed by atoms with Crippen LogP contribution in [-0.4, -0.2) is 17.1 Å². The van der Waals surface area contributed by atoms with Gasteiger partial charge >= 0.3 is 0 Å². The third kappa shape index (κ3) is 2.91. The third-order valence-electron chi connectivity index (χ3n) is 3.42. The van der Waals surface area contributed by atoms with E-state index in [1.54, 1.807) is 18.2 Å². The van der Waals surface area contributed by atoms with Crippen molar-refractivity contribution in [3.8, 4) is 5.75 Å². The molecule has 1 aliphatic carbocycles. The average molecular weight is 345 g/mol. The van der Waals surface area contributed by atoms with Gasteiger partial charge in [0, 0.05) is 9.61 Å². The predicted octanol–water partition coefficient (Wildman–Crippen LogP) is 2.92. The van der Waals surface area contributed by atoms with E-state index in [9.17, 15) is 9.90 Å². The molecule has 3 nitrogen and oxygen atoms in total. The molecule has 1 saturated carbocycles. The van der Waals surface area contributed by atoms with Gasteiger partial charge in [0.2, 0.25) is 0 Å². The zero-order chi connectivity index (χ0) is 12.4. The Bertz CT molecular complexity index is 429. The third-order valence-corrected chi connectivity index (χ3v) is 4.09. The first-order valence-corrected chi connectivity index (χ1v) is 6.95. The van der Waals surface area contributed by atoms with E-state index < -0.39 is 0 Å². The molecule has 1 unspecified atom stereocenters. The zero-order valence-corrected chi connectivity index (χ0v) is 11.9. The molecule has 1 aliphatic rings. The molecule has 92 valence electrons. The summed E-state index contributed by atoms with van der Waals surface area (Å²) in [6.45, 7) is 2.03. The highest BCUT2D eigenvalue weighted by molar-refractivity contribution is 14.1. The molecule has 0 saturated heterocycles. The molecule has 0 spiro atoms. The summed E-state index contributed by atoms with van der Waals surface area (Å²) in [7, 11) is 0.